The van der Waals surface area contributed by atoms with Gasteiger partial charge in [0.2, 0.25) is 0 Å². The molecule has 0 rings (SSSR count). The lowest BCUT2D eigenvalue weighted by molar-refractivity contribution is -0.475. The van der Waals surface area contributed by atoms with Crippen molar-refractivity contribution in [2.24, 2.45) is 0 Å². The summed E-state index contributed by atoms with van der Waals surface area (Å²) in [6, 6.07) is 0. The Morgan fingerprint density at radius 3 is 1.80 bits per heavy atom. The summed E-state index contributed by atoms with van der Waals surface area (Å²) >= 11 is 0. The molecule has 0 aliphatic rings. The van der Waals surface area contributed by atoms with Crippen LogP contribution in [0.2, 0.25) is 0 Å². The zero-order chi connectivity index (χ0) is 3.58. The van der Waals surface area contributed by atoms with E-state index in [1.807, 2.05) is 0 Å². The maximum absolute atomic E-state index is 7.94. The largest absolute Gasteiger partial charge is 1.00 e. The fourth-order valence-corrected chi connectivity index (χ4v) is 0. The number of rotatable bonds is 0. The molecule has 5 heavy (non-hydrogen) atoms. The Kier molecular flexibility index (Phi) is 7.55. The molecule has 0 aromatic heterocycles. The van der Waals surface area contributed by atoms with E-state index in [0.717, 1.165) is 0 Å². The van der Waals surface area contributed by atoms with Crippen LogP contribution in [0.25, 0.3) is 0 Å². The third-order valence-corrected chi connectivity index (χ3v) is 0. The molecule has 0 spiro atoms. The van der Waals surface area contributed by atoms with Gasteiger partial charge in [-0.1, -0.05) is 0 Å². The Labute approximate surface area is 37.4 Å². The summed E-state index contributed by atoms with van der Waals surface area (Å²) in [6.45, 7) is 1.61. The van der Waals surface area contributed by atoms with Crippen molar-refractivity contribution in [3.8, 4) is 0 Å². The van der Waals surface area contributed by atoms with Gasteiger partial charge in [-0.05, 0) is 0 Å². The average Bonchev–Trinajstić information content (AvgIpc) is 0.811. The normalized spacial score (nSPS) is 12.6. The van der Waals surface area contributed by atoms with E-state index in [1.165, 1.54) is 0 Å². The molecule has 0 saturated carbocycles. The number of quaternary nitrogens is 1. The van der Waals surface area contributed by atoms with Crippen LogP contribution in [0.3, 0.4) is 0 Å². The van der Waals surface area contributed by atoms with Gasteiger partial charge in [0.05, 0.1) is 0 Å². The van der Waals surface area contributed by atoms with Crippen LogP contribution in [-0.4, -0.2) is 11.3 Å². The van der Waals surface area contributed by atoms with E-state index >= 15 is 0 Å². The Balaban J connectivity index is 0. The molecule has 0 fully saturated rings. The van der Waals surface area contributed by atoms with Crippen molar-refractivity contribution < 1.29 is 23.2 Å². The summed E-state index contributed by atoms with van der Waals surface area (Å²) in [5.74, 6) is 0. The van der Waals surface area contributed by atoms with Crippen LogP contribution >= 0.6 is 0 Å². The zero-order valence-electron chi connectivity index (χ0n) is 3.11. The highest BCUT2D eigenvalue weighted by molar-refractivity contribution is 3.98. The van der Waals surface area contributed by atoms with Crippen LogP contribution in [0, 0.1) is 0 Å². The molecule has 4 N–H and O–H groups in total. The first kappa shape index (κ1) is 8.96. The number of hydrogen-bond acceptors (Lipinski definition) is 1. The third-order valence-electron chi connectivity index (χ3n) is 0. The molecule has 0 heterocycles. The maximum atomic E-state index is 7.94. The van der Waals surface area contributed by atoms with E-state index in [1.54, 1.807) is 6.92 Å². The van der Waals surface area contributed by atoms with E-state index in [4.69, 9.17) is 5.11 Å². The lowest BCUT2D eigenvalue weighted by Crippen LogP contribution is -3.00. The Morgan fingerprint density at radius 2 is 1.80 bits per heavy atom. The fraction of sp³-hybridized carbons (Fsp3) is 1.00. The summed E-state index contributed by atoms with van der Waals surface area (Å²) < 4.78 is 0. The molecule has 0 aliphatic heterocycles. The van der Waals surface area contributed by atoms with Gasteiger partial charge in [0.15, 0.2) is 6.23 Å². The van der Waals surface area contributed by atoms with Crippen LogP contribution in [-0.2, 0) is 0 Å². The Hall–Kier alpha value is 0.210. The average molecular weight is 97.5 g/mol. The second-order valence-electron chi connectivity index (χ2n) is 0.849. The van der Waals surface area contributed by atoms with Gasteiger partial charge >= 0.3 is 0 Å². The number of hydrogen-bond donors (Lipinski definition) is 2. The highest BCUT2D eigenvalue weighted by Crippen LogP contribution is 1.44. The maximum Gasteiger partial charge on any atom is 0.182 e. The summed E-state index contributed by atoms with van der Waals surface area (Å²) in [4.78, 5) is 0. The van der Waals surface area contributed by atoms with E-state index in [0.29, 0.717) is 0 Å². The van der Waals surface area contributed by atoms with E-state index in [2.05, 4.69) is 5.73 Å². The summed E-state index contributed by atoms with van der Waals surface area (Å²) in [5, 5.41) is 7.94. The van der Waals surface area contributed by atoms with Gasteiger partial charge in [0, 0.05) is 6.92 Å². The van der Waals surface area contributed by atoms with E-state index in [-0.39, 0.29) is 12.4 Å². The molecular weight excluding hydrogens is 89.5 g/mol. The molecule has 1 atom stereocenters. The van der Waals surface area contributed by atoms with Gasteiger partial charge in [-0.15, -0.1) is 0 Å². The van der Waals surface area contributed by atoms with E-state index < -0.39 is 6.23 Å². The summed E-state index contributed by atoms with van der Waals surface area (Å²) in [5.41, 5.74) is 3.19. The summed E-state index contributed by atoms with van der Waals surface area (Å²) in [7, 11) is 0. The number of halogens is 1. The van der Waals surface area contributed by atoms with Crippen LogP contribution in [0.1, 0.15) is 6.92 Å². The SMILES string of the molecule is CC([NH3+])O.[Cl-]. The van der Waals surface area contributed by atoms with Crippen molar-refractivity contribution in [3.05, 3.63) is 0 Å². The zero-order valence-corrected chi connectivity index (χ0v) is 3.87. The predicted octanol–water partition coefficient (Wildman–Crippen LogP) is -4.43. The highest BCUT2D eigenvalue weighted by atomic mass is 35.5. The third kappa shape index (κ3) is 466. The molecule has 1 unspecified atom stereocenters. The quantitative estimate of drug-likeness (QED) is 0.295. The van der Waals surface area contributed by atoms with Crippen molar-refractivity contribution in [1.29, 1.82) is 0 Å². The van der Waals surface area contributed by atoms with Gasteiger partial charge in [0.25, 0.3) is 0 Å². The van der Waals surface area contributed by atoms with Gasteiger partial charge in [-0.25, -0.2) is 0 Å². The number of aliphatic hydroxyl groups is 1. The molecule has 0 aliphatic carbocycles. The highest BCUT2D eigenvalue weighted by Gasteiger charge is 1.73. The topological polar surface area (TPSA) is 47.9 Å². The van der Waals surface area contributed by atoms with E-state index in [9.17, 15) is 0 Å². The Morgan fingerprint density at radius 1 is 1.80 bits per heavy atom. The first-order valence-electron chi connectivity index (χ1n) is 1.24. The Bertz CT molecular complexity index is 14.4. The van der Waals surface area contributed by atoms with Crippen LogP contribution in [0.4, 0.5) is 0 Å². The number of aliphatic hydroxyl groups excluding tert-OH is 1. The van der Waals surface area contributed by atoms with Crippen molar-refractivity contribution in [3.63, 3.8) is 0 Å². The van der Waals surface area contributed by atoms with Gasteiger partial charge in [0.1, 0.15) is 0 Å². The molecule has 0 bridgehead atoms. The fourth-order valence-electron chi connectivity index (χ4n) is 0. The molecule has 3 heteroatoms. The molecule has 0 aromatic carbocycles. The standard InChI is InChI=1S/C2H7NO.ClH/c1-2(3)4;/h2,4H,3H2,1H3;1H. The molecule has 0 saturated heterocycles. The second-order valence-corrected chi connectivity index (χ2v) is 0.849. The first-order valence-corrected chi connectivity index (χ1v) is 1.24. The minimum atomic E-state index is -0.417. The lowest BCUT2D eigenvalue weighted by atomic mass is 10.7. The second kappa shape index (κ2) is 4.21. The van der Waals surface area contributed by atoms with Gasteiger partial charge < -0.3 is 23.2 Å². The molecular formula is C2H8ClNO. The van der Waals surface area contributed by atoms with Crippen molar-refractivity contribution in [1.82, 2.24) is 0 Å². The molecule has 34 valence electrons. The van der Waals surface area contributed by atoms with Crippen LogP contribution in [0.5, 0.6) is 0 Å². The van der Waals surface area contributed by atoms with Crippen LogP contribution < -0.4 is 18.1 Å². The lowest BCUT2D eigenvalue weighted by Gasteiger charge is -1.77. The monoisotopic (exact) mass is 97.0 g/mol. The molecule has 2 nitrogen and oxygen atoms in total. The minimum absolute atomic E-state index is 0. The van der Waals surface area contributed by atoms with Crippen molar-refractivity contribution >= 4 is 0 Å². The van der Waals surface area contributed by atoms with Crippen molar-refractivity contribution in [2.45, 2.75) is 13.2 Å². The molecule has 0 radical (unpaired) electrons. The smallest absolute Gasteiger partial charge is 0.182 e. The van der Waals surface area contributed by atoms with Crippen molar-refractivity contribution in [2.75, 3.05) is 0 Å². The molecule has 0 amide bonds. The summed E-state index contributed by atoms with van der Waals surface area (Å²) in [6.07, 6.45) is -0.417. The first-order chi connectivity index (χ1) is 1.73. The van der Waals surface area contributed by atoms with Crippen LogP contribution in [0.15, 0.2) is 0 Å². The predicted molar refractivity (Wildman–Crippen MR) is 14.6 cm³/mol. The van der Waals surface area contributed by atoms with Gasteiger partial charge in [-0.3, -0.25) is 0 Å². The molecule has 0 aromatic rings. The minimum Gasteiger partial charge on any atom is -1.00 e. The van der Waals surface area contributed by atoms with Gasteiger partial charge in [-0.2, -0.15) is 0 Å².